The van der Waals surface area contributed by atoms with Crippen molar-refractivity contribution in [3.8, 4) is 0 Å². The van der Waals surface area contributed by atoms with Gasteiger partial charge in [-0.25, -0.2) is 14.8 Å². The number of aromatic nitrogens is 2. The molecule has 3 amide bonds. The molecule has 0 bridgehead atoms. The van der Waals surface area contributed by atoms with Gasteiger partial charge >= 0.3 is 6.03 Å². The number of nitrogens with two attached hydrogens (primary N) is 1. The summed E-state index contributed by atoms with van der Waals surface area (Å²) in [6.45, 7) is 7.45. The van der Waals surface area contributed by atoms with E-state index < -0.39 is 5.91 Å². The molecule has 4 aliphatic rings. The molecule has 39 heavy (non-hydrogen) atoms. The molecule has 5 heterocycles. The quantitative estimate of drug-likeness (QED) is 0.517. The third kappa shape index (κ3) is 5.19. The largest absolute Gasteiger partial charge is 0.371 e. The first kappa shape index (κ1) is 25.7. The van der Waals surface area contributed by atoms with Gasteiger partial charge in [-0.15, -0.1) is 0 Å². The van der Waals surface area contributed by atoms with Crippen molar-refractivity contribution in [3.05, 3.63) is 36.2 Å². The first-order chi connectivity index (χ1) is 18.9. The molecule has 1 aromatic heterocycles. The third-order valence-corrected chi connectivity index (χ3v) is 9.05. The van der Waals surface area contributed by atoms with Gasteiger partial charge in [0.05, 0.1) is 12.2 Å². The fourth-order valence-corrected chi connectivity index (χ4v) is 6.58. The van der Waals surface area contributed by atoms with E-state index in [9.17, 15) is 9.59 Å². The minimum absolute atomic E-state index is 0.0856. The summed E-state index contributed by atoms with van der Waals surface area (Å²) in [4.78, 5) is 42.2. The topological polar surface area (TPSA) is 123 Å². The molecule has 4 fully saturated rings. The van der Waals surface area contributed by atoms with Crippen molar-refractivity contribution in [2.45, 2.75) is 38.1 Å². The van der Waals surface area contributed by atoms with Crippen LogP contribution in [0.4, 0.5) is 27.8 Å². The van der Waals surface area contributed by atoms with Crippen LogP contribution in [0.5, 0.6) is 0 Å². The Morgan fingerprint density at radius 3 is 2.54 bits per heavy atom. The highest BCUT2D eigenvalue weighted by Gasteiger charge is 2.37. The summed E-state index contributed by atoms with van der Waals surface area (Å²) in [7, 11) is 1.84. The number of hydrogen-bond acceptors (Lipinski definition) is 8. The maximum absolute atomic E-state index is 12.5. The summed E-state index contributed by atoms with van der Waals surface area (Å²) < 4.78 is 0. The molecule has 4 aliphatic heterocycles. The predicted molar refractivity (Wildman–Crippen MR) is 152 cm³/mol. The maximum atomic E-state index is 12.5. The lowest BCUT2D eigenvalue weighted by Gasteiger charge is -2.40. The van der Waals surface area contributed by atoms with Gasteiger partial charge in [-0.1, -0.05) is 0 Å². The van der Waals surface area contributed by atoms with E-state index in [2.05, 4.69) is 37.6 Å². The van der Waals surface area contributed by atoms with Gasteiger partial charge in [-0.2, -0.15) is 0 Å². The van der Waals surface area contributed by atoms with Gasteiger partial charge in [0.1, 0.15) is 5.82 Å². The van der Waals surface area contributed by atoms with Crippen LogP contribution in [0.3, 0.4) is 0 Å². The number of carbonyl (C=O) groups is 2. The van der Waals surface area contributed by atoms with Gasteiger partial charge < -0.3 is 36.0 Å². The Labute approximate surface area is 229 Å². The smallest absolute Gasteiger partial charge is 0.320 e. The van der Waals surface area contributed by atoms with Crippen LogP contribution in [-0.4, -0.2) is 97.2 Å². The average Bonchev–Trinajstić information content (AvgIpc) is 3.55. The molecule has 6 rings (SSSR count). The van der Waals surface area contributed by atoms with E-state index in [1.807, 2.05) is 24.1 Å². The zero-order valence-electron chi connectivity index (χ0n) is 22.7. The monoisotopic (exact) mass is 533 g/mol. The molecule has 4 N–H and O–H groups in total. The highest BCUT2D eigenvalue weighted by Crippen LogP contribution is 2.38. The van der Waals surface area contributed by atoms with E-state index in [1.165, 1.54) is 24.9 Å². The van der Waals surface area contributed by atoms with E-state index in [0.717, 1.165) is 64.3 Å². The van der Waals surface area contributed by atoms with E-state index >= 15 is 0 Å². The van der Waals surface area contributed by atoms with Crippen LogP contribution in [0.2, 0.25) is 0 Å². The lowest BCUT2D eigenvalue weighted by molar-refractivity contribution is 0.0996. The molecule has 1 spiro atoms. The number of nitrogens with zero attached hydrogens (tertiary/aromatic N) is 6. The highest BCUT2D eigenvalue weighted by molar-refractivity contribution is 5.96. The summed E-state index contributed by atoms with van der Waals surface area (Å²) in [5.74, 6) is 0.395. The van der Waals surface area contributed by atoms with Crippen LogP contribution in [-0.2, 0) is 0 Å². The van der Waals surface area contributed by atoms with E-state index in [0.29, 0.717) is 23.6 Å². The number of hydrogen-bond donors (Lipinski definition) is 3. The highest BCUT2D eigenvalue weighted by atomic mass is 16.2. The van der Waals surface area contributed by atoms with Gasteiger partial charge in [0.25, 0.3) is 5.91 Å². The molecule has 2 aromatic rings. The Morgan fingerprint density at radius 2 is 1.87 bits per heavy atom. The third-order valence-electron chi connectivity index (χ3n) is 9.05. The van der Waals surface area contributed by atoms with Crippen LogP contribution in [0.15, 0.2) is 30.5 Å². The van der Waals surface area contributed by atoms with Crippen LogP contribution >= 0.6 is 0 Å². The van der Waals surface area contributed by atoms with Crippen molar-refractivity contribution in [3.63, 3.8) is 0 Å². The number of likely N-dealkylation sites (N-methyl/N-ethyl adjacent to an activating group) is 1. The number of urea groups is 1. The zero-order valence-corrected chi connectivity index (χ0v) is 22.7. The lowest BCUT2D eigenvalue weighted by atomic mass is 9.78. The molecule has 11 heteroatoms. The summed E-state index contributed by atoms with van der Waals surface area (Å²) >= 11 is 0. The molecule has 1 atom stereocenters. The SMILES string of the molecule is CN1CCN([C@H]2CCCN(c3cnc(C(N)=O)c(Nc4ccc(N5CCC6(CCNC6)CC5)cc4)n3)C2)C1=O. The second-order valence-corrected chi connectivity index (χ2v) is 11.5. The standard InChI is InChI=1S/C28H39N9O2/c1-34-15-16-37(27(34)39)22-3-2-12-36(18-22)23-17-31-24(25(29)38)26(33-23)32-20-4-6-21(7-5-20)35-13-9-28(10-14-35)8-11-30-19-28/h4-7,17,22,30H,2-3,8-16,18-19H2,1H3,(H2,29,38)(H,32,33)/t22-/m0/s1. The zero-order chi connectivity index (χ0) is 27.0. The molecule has 0 radical (unpaired) electrons. The number of rotatable bonds is 6. The van der Waals surface area contributed by atoms with E-state index in [1.54, 1.807) is 11.1 Å². The number of carbonyl (C=O) groups excluding carboxylic acids is 2. The second-order valence-electron chi connectivity index (χ2n) is 11.5. The molecule has 4 saturated heterocycles. The lowest BCUT2D eigenvalue weighted by Crippen LogP contribution is -2.49. The molecule has 0 aliphatic carbocycles. The first-order valence-corrected chi connectivity index (χ1v) is 14.2. The summed E-state index contributed by atoms with van der Waals surface area (Å²) in [6.07, 6.45) is 7.27. The summed E-state index contributed by atoms with van der Waals surface area (Å²) in [5, 5.41) is 6.82. The Hall–Kier alpha value is -3.60. The van der Waals surface area contributed by atoms with Crippen LogP contribution < -0.4 is 26.2 Å². The van der Waals surface area contributed by atoms with Crippen LogP contribution in [0, 0.1) is 5.41 Å². The summed E-state index contributed by atoms with van der Waals surface area (Å²) in [6, 6.07) is 8.49. The Morgan fingerprint density at radius 1 is 1.08 bits per heavy atom. The molecule has 0 unspecified atom stereocenters. The molecule has 1 aromatic carbocycles. The Bertz CT molecular complexity index is 1200. The molecule has 0 saturated carbocycles. The van der Waals surface area contributed by atoms with Gasteiger partial charge in [-0.05, 0) is 68.3 Å². The number of primary amides is 1. The maximum Gasteiger partial charge on any atom is 0.320 e. The van der Waals surface area contributed by atoms with Crippen molar-refractivity contribution in [1.29, 1.82) is 0 Å². The number of benzene rings is 1. The van der Waals surface area contributed by atoms with Crippen molar-refractivity contribution < 1.29 is 9.59 Å². The Kier molecular flexibility index (Phi) is 6.92. The van der Waals surface area contributed by atoms with Gasteiger partial charge in [-0.3, -0.25) is 4.79 Å². The minimum Gasteiger partial charge on any atom is -0.371 e. The van der Waals surface area contributed by atoms with E-state index in [-0.39, 0.29) is 17.8 Å². The Balaban J connectivity index is 1.15. The van der Waals surface area contributed by atoms with Crippen LogP contribution in [0.1, 0.15) is 42.6 Å². The van der Waals surface area contributed by atoms with Gasteiger partial charge in [0, 0.05) is 64.2 Å². The average molecular weight is 534 g/mol. The van der Waals surface area contributed by atoms with Crippen molar-refractivity contribution in [2.24, 2.45) is 11.1 Å². The number of anilines is 4. The van der Waals surface area contributed by atoms with Gasteiger partial charge in [0.15, 0.2) is 11.5 Å². The molecule has 11 nitrogen and oxygen atoms in total. The predicted octanol–water partition coefficient (Wildman–Crippen LogP) is 2.24. The number of piperidine rings is 2. The fourth-order valence-electron chi connectivity index (χ4n) is 6.58. The minimum atomic E-state index is -0.626. The molecule has 208 valence electrons. The van der Waals surface area contributed by atoms with Crippen molar-refractivity contribution >= 4 is 34.9 Å². The van der Waals surface area contributed by atoms with Crippen molar-refractivity contribution in [1.82, 2.24) is 25.1 Å². The summed E-state index contributed by atoms with van der Waals surface area (Å²) in [5.41, 5.74) is 8.27. The second kappa shape index (κ2) is 10.5. The molecular weight excluding hydrogens is 494 g/mol. The number of amides is 3. The molecular formula is C28H39N9O2. The fraction of sp³-hybridized carbons (Fsp3) is 0.571. The number of nitrogens with one attached hydrogen (secondary N) is 2. The first-order valence-electron chi connectivity index (χ1n) is 14.2. The normalized spacial score (nSPS) is 23.1. The van der Waals surface area contributed by atoms with E-state index in [4.69, 9.17) is 10.7 Å². The van der Waals surface area contributed by atoms with Gasteiger partial charge in [0.2, 0.25) is 0 Å². The van der Waals surface area contributed by atoms with Crippen LogP contribution in [0.25, 0.3) is 0 Å². The van der Waals surface area contributed by atoms with Crippen molar-refractivity contribution in [2.75, 3.05) is 74.5 Å².